The lowest BCUT2D eigenvalue weighted by Gasteiger charge is -2.32. The van der Waals surface area contributed by atoms with Crippen LogP contribution < -0.4 is 9.62 Å². The van der Waals surface area contributed by atoms with Crippen molar-refractivity contribution in [2.45, 2.75) is 58.2 Å². The summed E-state index contributed by atoms with van der Waals surface area (Å²) >= 11 is 12.2. The van der Waals surface area contributed by atoms with E-state index < -0.39 is 16.1 Å². The Kier molecular flexibility index (Phi) is 12.1. The van der Waals surface area contributed by atoms with Crippen LogP contribution in [0.15, 0.2) is 78.9 Å². The SMILES string of the molecule is CC[C@H](C)NC(=O)[C@H](Cc1ccccc1)N(Cc1cccc(Cl)c1)C(=O)CCCN(c1ccc(Cl)cc1)S(C)(=O)=O. The summed E-state index contributed by atoms with van der Waals surface area (Å²) in [5, 5.41) is 4.07. The maximum absolute atomic E-state index is 13.9. The molecule has 0 aliphatic rings. The highest BCUT2D eigenvalue weighted by Crippen LogP contribution is 2.22. The molecule has 0 aliphatic carbocycles. The van der Waals surface area contributed by atoms with E-state index in [1.807, 2.05) is 56.3 Å². The molecule has 7 nitrogen and oxygen atoms in total. The number of amides is 2. The van der Waals surface area contributed by atoms with Gasteiger partial charge in [-0.2, -0.15) is 0 Å². The minimum absolute atomic E-state index is 0.0437. The Labute approximate surface area is 253 Å². The highest BCUT2D eigenvalue weighted by molar-refractivity contribution is 7.92. The van der Waals surface area contributed by atoms with Gasteiger partial charge in [0.25, 0.3) is 0 Å². The summed E-state index contributed by atoms with van der Waals surface area (Å²) in [6.45, 7) is 4.19. The smallest absolute Gasteiger partial charge is 0.243 e. The second-order valence-electron chi connectivity index (χ2n) is 10.1. The summed E-state index contributed by atoms with van der Waals surface area (Å²) < 4.78 is 26.4. The van der Waals surface area contributed by atoms with Crippen LogP contribution in [0.2, 0.25) is 10.0 Å². The molecule has 0 fully saturated rings. The second kappa shape index (κ2) is 15.2. The number of nitrogens with one attached hydrogen (secondary N) is 1. The topological polar surface area (TPSA) is 86.8 Å². The molecule has 3 aromatic carbocycles. The molecular formula is C31H37Cl2N3O4S. The van der Waals surface area contributed by atoms with E-state index in [1.165, 1.54) is 4.31 Å². The third-order valence-electron chi connectivity index (χ3n) is 6.78. The van der Waals surface area contributed by atoms with Gasteiger partial charge in [0.05, 0.1) is 11.9 Å². The van der Waals surface area contributed by atoms with Crippen LogP contribution in [-0.4, -0.2) is 50.0 Å². The van der Waals surface area contributed by atoms with Gasteiger partial charge in [-0.05, 0) is 67.3 Å². The van der Waals surface area contributed by atoms with Gasteiger partial charge in [0.1, 0.15) is 6.04 Å². The highest BCUT2D eigenvalue weighted by atomic mass is 35.5. The van der Waals surface area contributed by atoms with E-state index in [9.17, 15) is 18.0 Å². The predicted molar refractivity (Wildman–Crippen MR) is 167 cm³/mol. The molecule has 3 aromatic rings. The molecule has 0 saturated heterocycles. The Bertz CT molecular complexity index is 1400. The zero-order valence-corrected chi connectivity index (χ0v) is 25.9. The zero-order valence-electron chi connectivity index (χ0n) is 23.6. The standard InChI is InChI=1S/C31H37Cl2N3O4S/c1-4-23(2)34-31(38)29(21-24-10-6-5-7-11-24)35(22-25-12-8-13-27(33)20-25)30(37)14-9-19-36(41(3,39)40)28-17-15-26(32)16-18-28/h5-8,10-13,15-18,20,23,29H,4,9,14,19,21-22H2,1-3H3,(H,34,38)/t23-,29-/m0/s1. The van der Waals surface area contributed by atoms with Gasteiger partial charge in [-0.1, -0.05) is 72.6 Å². The fraction of sp³-hybridized carbons (Fsp3) is 0.355. The molecule has 0 saturated carbocycles. The van der Waals surface area contributed by atoms with Crippen LogP contribution in [0.3, 0.4) is 0 Å². The van der Waals surface area contributed by atoms with Crippen molar-refractivity contribution in [3.63, 3.8) is 0 Å². The number of sulfonamides is 1. The van der Waals surface area contributed by atoms with Gasteiger partial charge in [0.2, 0.25) is 21.8 Å². The lowest BCUT2D eigenvalue weighted by molar-refractivity contribution is -0.141. The molecule has 0 bridgehead atoms. The van der Waals surface area contributed by atoms with Crippen molar-refractivity contribution in [1.29, 1.82) is 0 Å². The molecule has 0 aromatic heterocycles. The van der Waals surface area contributed by atoms with Crippen LogP contribution >= 0.6 is 23.2 Å². The van der Waals surface area contributed by atoms with Crippen molar-refractivity contribution >= 4 is 50.7 Å². The van der Waals surface area contributed by atoms with Crippen LogP contribution in [0.5, 0.6) is 0 Å². The lowest BCUT2D eigenvalue weighted by atomic mass is 10.0. The van der Waals surface area contributed by atoms with Crippen molar-refractivity contribution < 1.29 is 18.0 Å². The molecule has 10 heteroatoms. The van der Waals surface area contributed by atoms with Gasteiger partial charge >= 0.3 is 0 Å². The Morgan fingerprint density at radius 3 is 2.17 bits per heavy atom. The molecule has 2 amide bonds. The van der Waals surface area contributed by atoms with Crippen molar-refractivity contribution in [1.82, 2.24) is 10.2 Å². The number of halogens is 2. The molecule has 0 unspecified atom stereocenters. The van der Waals surface area contributed by atoms with E-state index in [0.29, 0.717) is 22.2 Å². The van der Waals surface area contributed by atoms with Crippen LogP contribution in [0.25, 0.3) is 0 Å². The van der Waals surface area contributed by atoms with E-state index in [0.717, 1.165) is 23.8 Å². The first-order chi connectivity index (χ1) is 19.5. The predicted octanol–water partition coefficient (Wildman–Crippen LogP) is 6.09. The first-order valence-electron chi connectivity index (χ1n) is 13.6. The van der Waals surface area contributed by atoms with Crippen molar-refractivity contribution in [3.8, 4) is 0 Å². The maximum Gasteiger partial charge on any atom is 0.243 e. The minimum atomic E-state index is -3.60. The monoisotopic (exact) mass is 617 g/mol. The summed E-state index contributed by atoms with van der Waals surface area (Å²) in [5.41, 5.74) is 2.18. The molecule has 1 N–H and O–H groups in total. The molecule has 3 rings (SSSR count). The fourth-order valence-corrected chi connectivity index (χ4v) is 5.74. The van der Waals surface area contributed by atoms with Crippen LogP contribution in [0, 0.1) is 0 Å². The Balaban J connectivity index is 1.89. The first-order valence-corrected chi connectivity index (χ1v) is 16.2. The normalized spacial score (nSPS) is 12.8. The summed E-state index contributed by atoms with van der Waals surface area (Å²) in [5.74, 6) is -0.493. The number of carbonyl (C=O) groups is 2. The van der Waals surface area contributed by atoms with Crippen molar-refractivity contribution in [2.24, 2.45) is 0 Å². The van der Waals surface area contributed by atoms with E-state index in [2.05, 4.69) is 5.32 Å². The third-order valence-corrected chi connectivity index (χ3v) is 8.46. The lowest BCUT2D eigenvalue weighted by Crippen LogP contribution is -2.52. The largest absolute Gasteiger partial charge is 0.352 e. The van der Waals surface area contributed by atoms with Crippen LogP contribution in [0.1, 0.15) is 44.2 Å². The molecule has 41 heavy (non-hydrogen) atoms. The summed E-state index contributed by atoms with van der Waals surface area (Å²) in [6, 6.07) is 22.4. The Morgan fingerprint density at radius 2 is 1.56 bits per heavy atom. The van der Waals surface area contributed by atoms with Gasteiger partial charge in [0, 0.05) is 42.0 Å². The van der Waals surface area contributed by atoms with Crippen LogP contribution in [0.4, 0.5) is 5.69 Å². The number of nitrogens with zero attached hydrogens (tertiary/aromatic N) is 2. The van der Waals surface area contributed by atoms with Crippen molar-refractivity contribution in [2.75, 3.05) is 17.1 Å². The van der Waals surface area contributed by atoms with Crippen molar-refractivity contribution in [3.05, 3.63) is 100 Å². The van der Waals surface area contributed by atoms with E-state index >= 15 is 0 Å². The minimum Gasteiger partial charge on any atom is -0.352 e. The molecule has 0 heterocycles. The number of carbonyl (C=O) groups excluding carboxylic acids is 2. The summed E-state index contributed by atoms with van der Waals surface area (Å²) in [7, 11) is -3.60. The number of rotatable bonds is 14. The van der Waals surface area contributed by atoms with Gasteiger partial charge in [-0.3, -0.25) is 13.9 Å². The summed E-state index contributed by atoms with van der Waals surface area (Å²) in [4.78, 5) is 29.1. The van der Waals surface area contributed by atoms with Gasteiger partial charge in [0.15, 0.2) is 0 Å². The average molecular weight is 619 g/mol. The van der Waals surface area contributed by atoms with Gasteiger partial charge < -0.3 is 10.2 Å². The molecule has 2 atom stereocenters. The number of hydrogen-bond acceptors (Lipinski definition) is 4. The quantitative estimate of drug-likeness (QED) is 0.237. The fourth-order valence-electron chi connectivity index (χ4n) is 4.44. The van der Waals surface area contributed by atoms with E-state index in [-0.39, 0.29) is 43.8 Å². The number of benzene rings is 3. The second-order valence-corrected chi connectivity index (χ2v) is 12.9. The Morgan fingerprint density at radius 1 is 0.902 bits per heavy atom. The third kappa shape index (κ3) is 10.1. The zero-order chi connectivity index (χ0) is 30.0. The van der Waals surface area contributed by atoms with Gasteiger partial charge in [-0.15, -0.1) is 0 Å². The van der Waals surface area contributed by atoms with Crippen LogP contribution in [-0.2, 0) is 32.6 Å². The Hall–Kier alpha value is -3.07. The average Bonchev–Trinajstić information content (AvgIpc) is 2.93. The van der Waals surface area contributed by atoms with E-state index in [1.54, 1.807) is 41.3 Å². The highest BCUT2D eigenvalue weighted by Gasteiger charge is 2.31. The summed E-state index contributed by atoms with van der Waals surface area (Å²) in [6.07, 6.45) is 2.51. The number of anilines is 1. The molecule has 0 radical (unpaired) electrons. The molecule has 220 valence electrons. The molecule has 0 aliphatic heterocycles. The maximum atomic E-state index is 13.9. The van der Waals surface area contributed by atoms with Gasteiger partial charge in [-0.25, -0.2) is 8.42 Å². The molecular weight excluding hydrogens is 581 g/mol. The molecule has 0 spiro atoms. The van der Waals surface area contributed by atoms with E-state index in [4.69, 9.17) is 23.2 Å². The first kappa shape index (κ1) is 32.4. The number of hydrogen-bond donors (Lipinski definition) is 1.